The average molecular weight is 366 g/mol. The summed E-state index contributed by atoms with van der Waals surface area (Å²) in [5, 5.41) is 18.6. The molecule has 0 aliphatic heterocycles. The topological polar surface area (TPSA) is 92.5 Å². The fraction of sp³-hybridized carbons (Fsp3) is 0.318. The van der Waals surface area contributed by atoms with Crippen molar-refractivity contribution in [2.24, 2.45) is 5.73 Å². The highest BCUT2D eigenvalue weighted by Gasteiger charge is 2.22. The molecule has 0 radical (unpaired) electrons. The molecule has 142 valence electrons. The Kier molecular flexibility index (Phi) is 6.06. The molecule has 0 spiro atoms. The number of nitrogens with zero attached hydrogens (tertiary/aromatic N) is 1. The van der Waals surface area contributed by atoms with Crippen molar-refractivity contribution >= 4 is 0 Å². The minimum absolute atomic E-state index is 0.223. The van der Waals surface area contributed by atoms with E-state index in [0.29, 0.717) is 12.8 Å². The Morgan fingerprint density at radius 2 is 1.48 bits per heavy atom. The summed E-state index contributed by atoms with van der Waals surface area (Å²) in [6.07, 6.45) is 3.72. The molecule has 4 N–H and O–H groups in total. The van der Waals surface area contributed by atoms with Gasteiger partial charge in [-0.05, 0) is 29.5 Å². The van der Waals surface area contributed by atoms with E-state index in [4.69, 9.17) is 10.2 Å². The Bertz CT molecular complexity index is 850. The number of aliphatic hydroxyl groups is 2. The molecule has 0 unspecified atom stereocenters. The number of hydrogen-bond acceptors (Lipinski definition) is 5. The first-order chi connectivity index (χ1) is 13.1. The fourth-order valence-electron chi connectivity index (χ4n) is 2.90. The van der Waals surface area contributed by atoms with Gasteiger partial charge in [0, 0.05) is 12.0 Å². The zero-order valence-electron chi connectivity index (χ0n) is 15.6. The molecule has 27 heavy (non-hydrogen) atoms. The molecule has 0 saturated heterocycles. The molecule has 2 aromatic carbocycles. The summed E-state index contributed by atoms with van der Waals surface area (Å²) < 4.78 is 5.41. The lowest BCUT2D eigenvalue weighted by Crippen LogP contribution is -2.47. The minimum atomic E-state index is -0.923. The zero-order chi connectivity index (χ0) is 19.3. The third-order valence-corrected chi connectivity index (χ3v) is 4.86. The number of hydrogen-bond donors (Lipinski definition) is 3. The van der Waals surface area contributed by atoms with Gasteiger partial charge in [0.1, 0.15) is 12.0 Å². The van der Waals surface area contributed by atoms with Crippen LogP contribution >= 0.6 is 0 Å². The van der Waals surface area contributed by atoms with Crippen molar-refractivity contribution in [2.45, 2.75) is 31.7 Å². The monoisotopic (exact) mass is 366 g/mol. The Hall–Kier alpha value is -2.47. The van der Waals surface area contributed by atoms with Gasteiger partial charge in [-0.25, -0.2) is 4.98 Å². The van der Waals surface area contributed by atoms with Crippen molar-refractivity contribution in [3.05, 3.63) is 66.2 Å². The summed E-state index contributed by atoms with van der Waals surface area (Å²) in [5.41, 5.74) is 10.3. The Balaban J connectivity index is 1.68. The summed E-state index contributed by atoms with van der Waals surface area (Å²) in [7, 11) is 0. The van der Waals surface area contributed by atoms with Gasteiger partial charge < -0.3 is 20.4 Å². The van der Waals surface area contributed by atoms with Crippen LogP contribution in [-0.2, 0) is 12.8 Å². The van der Waals surface area contributed by atoms with Crippen LogP contribution in [0.2, 0.25) is 0 Å². The predicted molar refractivity (Wildman–Crippen MR) is 106 cm³/mol. The average Bonchev–Trinajstić information content (AvgIpc) is 3.22. The van der Waals surface area contributed by atoms with E-state index in [1.807, 2.05) is 19.1 Å². The molecule has 5 heteroatoms. The third-order valence-electron chi connectivity index (χ3n) is 4.86. The maximum atomic E-state index is 9.28. The first kappa shape index (κ1) is 19.3. The van der Waals surface area contributed by atoms with Gasteiger partial charge in [-0.2, -0.15) is 0 Å². The Morgan fingerprint density at radius 3 is 2.00 bits per heavy atom. The smallest absolute Gasteiger partial charge is 0.194 e. The van der Waals surface area contributed by atoms with Crippen molar-refractivity contribution in [1.82, 2.24) is 4.98 Å². The van der Waals surface area contributed by atoms with Crippen LogP contribution in [0, 0.1) is 0 Å². The summed E-state index contributed by atoms with van der Waals surface area (Å²) >= 11 is 0. The van der Waals surface area contributed by atoms with E-state index in [-0.39, 0.29) is 13.2 Å². The molecular weight excluding hydrogens is 340 g/mol. The summed E-state index contributed by atoms with van der Waals surface area (Å²) in [4.78, 5) is 4.45. The van der Waals surface area contributed by atoms with Crippen molar-refractivity contribution in [3.63, 3.8) is 0 Å². The van der Waals surface area contributed by atoms with E-state index in [9.17, 15) is 10.2 Å². The van der Waals surface area contributed by atoms with Crippen LogP contribution in [0.5, 0.6) is 0 Å². The minimum Gasteiger partial charge on any atom is -0.448 e. The van der Waals surface area contributed by atoms with Crippen LogP contribution in [0.1, 0.15) is 24.8 Å². The van der Waals surface area contributed by atoms with E-state index in [0.717, 1.165) is 40.3 Å². The summed E-state index contributed by atoms with van der Waals surface area (Å²) in [6.45, 7) is 1.57. The van der Waals surface area contributed by atoms with Crippen molar-refractivity contribution in [2.75, 3.05) is 13.2 Å². The highest BCUT2D eigenvalue weighted by molar-refractivity contribution is 5.68. The van der Waals surface area contributed by atoms with E-state index in [1.54, 1.807) is 6.26 Å². The van der Waals surface area contributed by atoms with Gasteiger partial charge in [0.05, 0.1) is 18.8 Å². The lowest BCUT2D eigenvalue weighted by Gasteiger charge is -2.24. The largest absolute Gasteiger partial charge is 0.448 e. The maximum Gasteiger partial charge on any atom is 0.194 e. The molecule has 0 fully saturated rings. The number of oxazole rings is 1. The van der Waals surface area contributed by atoms with Crippen LogP contribution in [0.3, 0.4) is 0 Å². The maximum absolute atomic E-state index is 9.28. The molecule has 1 heterocycles. The molecule has 0 amide bonds. The number of nitrogens with two attached hydrogens (primary N) is 1. The quantitative estimate of drug-likeness (QED) is 0.569. The SMILES string of the molecule is CCc1nc(-c2ccc(-c3ccc(CCC(N)(CO)CO)cc3)cc2)co1. The number of aryl methyl sites for hydroxylation is 2. The normalized spacial score (nSPS) is 11.7. The van der Waals surface area contributed by atoms with Crippen molar-refractivity contribution < 1.29 is 14.6 Å². The Morgan fingerprint density at radius 1 is 0.926 bits per heavy atom. The fourth-order valence-corrected chi connectivity index (χ4v) is 2.90. The molecule has 1 aromatic heterocycles. The third kappa shape index (κ3) is 4.63. The van der Waals surface area contributed by atoms with Gasteiger partial charge in [0.25, 0.3) is 0 Å². The number of benzene rings is 2. The van der Waals surface area contributed by atoms with Crippen LogP contribution in [0.4, 0.5) is 0 Å². The first-order valence-corrected chi connectivity index (χ1v) is 9.21. The number of aromatic nitrogens is 1. The molecule has 5 nitrogen and oxygen atoms in total. The van der Waals surface area contributed by atoms with Gasteiger partial charge in [0.15, 0.2) is 5.89 Å². The van der Waals surface area contributed by atoms with E-state index in [1.165, 1.54) is 0 Å². The molecule has 0 aliphatic carbocycles. The van der Waals surface area contributed by atoms with Gasteiger partial charge in [-0.3, -0.25) is 0 Å². The van der Waals surface area contributed by atoms with Gasteiger partial charge >= 0.3 is 0 Å². The predicted octanol–water partition coefficient (Wildman–Crippen LogP) is 3.19. The van der Waals surface area contributed by atoms with Crippen LogP contribution in [-0.4, -0.2) is 33.9 Å². The highest BCUT2D eigenvalue weighted by Crippen LogP contribution is 2.25. The van der Waals surface area contributed by atoms with Gasteiger partial charge in [-0.15, -0.1) is 0 Å². The summed E-state index contributed by atoms with van der Waals surface area (Å²) in [5.74, 6) is 0.744. The molecule has 3 rings (SSSR count). The molecular formula is C22H26N2O3. The van der Waals surface area contributed by atoms with Crippen LogP contribution in [0.15, 0.2) is 59.2 Å². The van der Waals surface area contributed by atoms with E-state index < -0.39 is 5.54 Å². The second-order valence-corrected chi connectivity index (χ2v) is 6.93. The zero-order valence-corrected chi connectivity index (χ0v) is 15.6. The molecule has 0 aliphatic rings. The lowest BCUT2D eigenvalue weighted by atomic mass is 9.93. The highest BCUT2D eigenvalue weighted by atomic mass is 16.3. The molecule has 0 atom stereocenters. The number of rotatable bonds is 8. The molecule has 0 bridgehead atoms. The lowest BCUT2D eigenvalue weighted by molar-refractivity contribution is 0.115. The van der Waals surface area contributed by atoms with Crippen molar-refractivity contribution in [3.8, 4) is 22.4 Å². The van der Waals surface area contributed by atoms with Crippen LogP contribution < -0.4 is 5.73 Å². The van der Waals surface area contributed by atoms with Crippen molar-refractivity contribution in [1.29, 1.82) is 0 Å². The Labute approximate surface area is 159 Å². The summed E-state index contributed by atoms with van der Waals surface area (Å²) in [6, 6.07) is 16.5. The number of aliphatic hydroxyl groups excluding tert-OH is 2. The van der Waals surface area contributed by atoms with Gasteiger partial charge in [0.2, 0.25) is 0 Å². The first-order valence-electron chi connectivity index (χ1n) is 9.21. The molecule has 0 saturated carbocycles. The van der Waals surface area contributed by atoms with E-state index >= 15 is 0 Å². The standard InChI is InChI=1S/C22H26N2O3/c1-2-21-24-20(13-27-21)19-9-7-18(8-10-19)17-5-3-16(4-6-17)11-12-22(23,14-25)15-26/h3-10,13,25-26H,2,11-12,14-15,23H2,1H3. The van der Waals surface area contributed by atoms with E-state index in [2.05, 4.69) is 41.4 Å². The molecule has 3 aromatic rings. The second kappa shape index (κ2) is 8.48. The van der Waals surface area contributed by atoms with Gasteiger partial charge in [-0.1, -0.05) is 55.5 Å². The van der Waals surface area contributed by atoms with Crippen LogP contribution in [0.25, 0.3) is 22.4 Å². The second-order valence-electron chi connectivity index (χ2n) is 6.93.